The van der Waals surface area contributed by atoms with Crippen LogP contribution in [0.25, 0.3) is 0 Å². The number of thiol groups is 1. The lowest BCUT2D eigenvalue weighted by atomic mass is 10.5. The summed E-state index contributed by atoms with van der Waals surface area (Å²) in [5.41, 5.74) is 0. The van der Waals surface area contributed by atoms with Gasteiger partial charge in [0, 0.05) is 6.07 Å². The molecule has 1 aromatic rings. The molecule has 0 atom stereocenters. The molecule has 1 aromatic heterocycles. The third-order valence-electron chi connectivity index (χ3n) is 1.07. The Bertz CT molecular complexity index is 195. The fraction of sp³-hybridized carbons (Fsp3) is 0.500. The molecule has 0 N–H and O–H groups in total. The van der Waals surface area contributed by atoms with Gasteiger partial charge in [0.15, 0.2) is 0 Å². The van der Waals surface area contributed by atoms with Gasteiger partial charge in [-0.25, -0.2) is 10.9 Å². The van der Waals surface area contributed by atoms with Gasteiger partial charge in [0.25, 0.3) is 0 Å². The normalized spacial score (nSPS) is 11.7. The summed E-state index contributed by atoms with van der Waals surface area (Å²) in [4.78, 5) is 0. The topological polar surface area (TPSA) is 26.0 Å². The third kappa shape index (κ3) is 1.48. The molecule has 0 radical (unpaired) electrons. The highest BCUT2D eigenvalue weighted by molar-refractivity contribution is 8.15. The Hall–Kier alpha value is -0.440. The largest absolute Gasteiger partial charge is 0.361 e. The van der Waals surface area contributed by atoms with Gasteiger partial charge in [0.05, 0.1) is 0 Å². The van der Waals surface area contributed by atoms with Gasteiger partial charge in [-0.15, -0.1) is 0 Å². The molecule has 52 valence electrons. The Kier molecular flexibility index (Phi) is 1.81. The summed E-state index contributed by atoms with van der Waals surface area (Å²) in [6.45, 7) is 1.91. The zero-order chi connectivity index (χ0) is 6.85. The summed E-state index contributed by atoms with van der Waals surface area (Å²) in [7, 11) is -0.0796. The van der Waals surface area contributed by atoms with E-state index in [2.05, 4.69) is 17.7 Å². The standard InChI is InChI=1S/C6H11NOS/c1-5-4-6(7-8-5)9(2)3/h4,9H,1-3H3. The summed E-state index contributed by atoms with van der Waals surface area (Å²) < 4.78 is 4.89. The maximum absolute atomic E-state index is 4.89. The Balaban J connectivity index is 2.85. The Morgan fingerprint density at radius 3 is 2.44 bits per heavy atom. The Morgan fingerprint density at radius 2 is 2.22 bits per heavy atom. The van der Waals surface area contributed by atoms with Gasteiger partial charge in [-0.2, -0.15) is 0 Å². The molecule has 0 amide bonds. The summed E-state index contributed by atoms with van der Waals surface area (Å²) in [5, 5.41) is 4.97. The van der Waals surface area contributed by atoms with Crippen LogP contribution < -0.4 is 0 Å². The van der Waals surface area contributed by atoms with Crippen molar-refractivity contribution in [2.45, 2.75) is 11.9 Å². The number of rotatable bonds is 1. The molecule has 0 aromatic carbocycles. The van der Waals surface area contributed by atoms with E-state index in [1.807, 2.05) is 13.0 Å². The number of aromatic nitrogens is 1. The molecule has 2 nitrogen and oxygen atoms in total. The number of hydrogen-bond acceptors (Lipinski definition) is 2. The first kappa shape index (κ1) is 6.68. The van der Waals surface area contributed by atoms with Crippen molar-refractivity contribution >= 4 is 10.9 Å². The highest BCUT2D eigenvalue weighted by atomic mass is 32.2. The van der Waals surface area contributed by atoms with E-state index in [-0.39, 0.29) is 10.9 Å². The van der Waals surface area contributed by atoms with Gasteiger partial charge in [-0.1, -0.05) is 5.16 Å². The first-order chi connectivity index (χ1) is 4.20. The molecule has 0 bridgehead atoms. The van der Waals surface area contributed by atoms with Crippen LogP contribution in [0.1, 0.15) is 5.76 Å². The van der Waals surface area contributed by atoms with E-state index < -0.39 is 0 Å². The van der Waals surface area contributed by atoms with Crippen molar-refractivity contribution in [3.8, 4) is 0 Å². The summed E-state index contributed by atoms with van der Waals surface area (Å²) in [6, 6.07) is 1.99. The van der Waals surface area contributed by atoms with E-state index in [1.165, 1.54) is 0 Å². The van der Waals surface area contributed by atoms with E-state index in [1.54, 1.807) is 0 Å². The van der Waals surface area contributed by atoms with E-state index in [0.717, 1.165) is 10.8 Å². The van der Waals surface area contributed by atoms with Gasteiger partial charge < -0.3 is 4.52 Å². The quantitative estimate of drug-likeness (QED) is 0.607. The molecule has 0 spiro atoms. The van der Waals surface area contributed by atoms with E-state index in [4.69, 9.17) is 4.52 Å². The zero-order valence-corrected chi connectivity index (χ0v) is 6.77. The number of nitrogens with zero attached hydrogens (tertiary/aromatic N) is 1. The zero-order valence-electron chi connectivity index (χ0n) is 5.88. The minimum absolute atomic E-state index is 0.0796. The van der Waals surface area contributed by atoms with Gasteiger partial charge in [-0.3, -0.25) is 0 Å². The Labute approximate surface area is 57.6 Å². The van der Waals surface area contributed by atoms with E-state index >= 15 is 0 Å². The minimum atomic E-state index is -0.0796. The predicted octanol–water partition coefficient (Wildman–Crippen LogP) is 1.60. The summed E-state index contributed by atoms with van der Waals surface area (Å²) >= 11 is 0. The summed E-state index contributed by atoms with van der Waals surface area (Å²) in [5.74, 6) is 0.904. The minimum Gasteiger partial charge on any atom is -0.361 e. The smallest absolute Gasteiger partial charge is 0.134 e. The second kappa shape index (κ2) is 2.43. The first-order valence-electron chi connectivity index (χ1n) is 2.81. The lowest BCUT2D eigenvalue weighted by Crippen LogP contribution is -1.73. The summed E-state index contributed by atoms with van der Waals surface area (Å²) in [6.07, 6.45) is 4.32. The molecule has 9 heavy (non-hydrogen) atoms. The van der Waals surface area contributed by atoms with Crippen molar-refractivity contribution in [3.63, 3.8) is 0 Å². The third-order valence-corrected chi connectivity index (χ3v) is 2.20. The van der Waals surface area contributed by atoms with Gasteiger partial charge in [-0.05, 0) is 19.4 Å². The molecule has 3 heteroatoms. The molecule has 0 aliphatic heterocycles. The molecule has 0 aliphatic rings. The molecular formula is C6H11NOS. The fourth-order valence-electron chi connectivity index (χ4n) is 0.564. The molecule has 1 heterocycles. The molecule has 0 saturated heterocycles. The van der Waals surface area contributed by atoms with Crippen LogP contribution in [-0.4, -0.2) is 17.7 Å². The van der Waals surface area contributed by atoms with Crippen molar-refractivity contribution in [2.75, 3.05) is 12.5 Å². The SMILES string of the molecule is Cc1cc([SH](C)C)no1. The van der Waals surface area contributed by atoms with Gasteiger partial charge in [0.1, 0.15) is 10.8 Å². The van der Waals surface area contributed by atoms with E-state index in [0.29, 0.717) is 0 Å². The Morgan fingerprint density at radius 1 is 1.56 bits per heavy atom. The van der Waals surface area contributed by atoms with Crippen molar-refractivity contribution in [1.82, 2.24) is 5.16 Å². The molecular weight excluding hydrogens is 134 g/mol. The van der Waals surface area contributed by atoms with Gasteiger partial charge >= 0.3 is 0 Å². The van der Waals surface area contributed by atoms with Crippen molar-refractivity contribution in [2.24, 2.45) is 0 Å². The van der Waals surface area contributed by atoms with Gasteiger partial charge in [0.2, 0.25) is 0 Å². The van der Waals surface area contributed by atoms with Crippen LogP contribution in [0.4, 0.5) is 0 Å². The highest BCUT2D eigenvalue weighted by Crippen LogP contribution is 2.26. The highest BCUT2D eigenvalue weighted by Gasteiger charge is 1.99. The fourth-order valence-corrected chi connectivity index (χ4v) is 1.21. The van der Waals surface area contributed by atoms with Crippen LogP contribution in [0.3, 0.4) is 0 Å². The number of hydrogen-bond donors (Lipinski definition) is 1. The van der Waals surface area contributed by atoms with Crippen LogP contribution in [0.2, 0.25) is 0 Å². The molecule has 0 saturated carbocycles. The van der Waals surface area contributed by atoms with Crippen LogP contribution >= 0.6 is 10.9 Å². The van der Waals surface area contributed by atoms with Crippen LogP contribution in [-0.2, 0) is 0 Å². The molecule has 0 unspecified atom stereocenters. The average Bonchev–Trinajstić information content (AvgIpc) is 2.14. The van der Waals surface area contributed by atoms with Crippen LogP contribution in [0.15, 0.2) is 15.6 Å². The lowest BCUT2D eigenvalue weighted by molar-refractivity contribution is 0.383. The van der Waals surface area contributed by atoms with Crippen molar-refractivity contribution in [1.29, 1.82) is 0 Å². The monoisotopic (exact) mass is 145 g/mol. The molecule has 1 rings (SSSR count). The maximum atomic E-state index is 4.89. The lowest BCUT2D eigenvalue weighted by Gasteiger charge is -1.99. The second-order valence-corrected chi connectivity index (χ2v) is 4.44. The maximum Gasteiger partial charge on any atom is 0.134 e. The molecule has 0 fully saturated rings. The van der Waals surface area contributed by atoms with E-state index in [9.17, 15) is 0 Å². The first-order valence-corrected chi connectivity index (χ1v) is 5.04. The second-order valence-electron chi connectivity index (χ2n) is 2.19. The number of aryl methyl sites for hydroxylation is 1. The molecule has 0 aliphatic carbocycles. The predicted molar refractivity (Wildman–Crippen MR) is 40.3 cm³/mol. The average molecular weight is 145 g/mol. The van der Waals surface area contributed by atoms with Crippen LogP contribution in [0.5, 0.6) is 0 Å². The van der Waals surface area contributed by atoms with Crippen molar-refractivity contribution < 1.29 is 4.52 Å². The van der Waals surface area contributed by atoms with Crippen LogP contribution in [0, 0.1) is 6.92 Å². The van der Waals surface area contributed by atoms with Crippen molar-refractivity contribution in [3.05, 3.63) is 11.8 Å².